The number of para-hydroxylation sites is 2. The topological polar surface area (TPSA) is 38.0 Å². The molecule has 4 aliphatic carbocycles. The van der Waals surface area contributed by atoms with E-state index in [9.17, 15) is 5.11 Å². The van der Waals surface area contributed by atoms with E-state index in [1.807, 2.05) is 0 Å². The van der Waals surface area contributed by atoms with Crippen LogP contribution in [0.5, 0.6) is 0 Å². The van der Waals surface area contributed by atoms with Gasteiger partial charge in [-0.25, -0.2) is 4.98 Å². The summed E-state index contributed by atoms with van der Waals surface area (Å²) in [4.78, 5) is 4.72. The first-order chi connectivity index (χ1) is 14.0. The van der Waals surface area contributed by atoms with E-state index in [0.29, 0.717) is 16.9 Å². The van der Waals surface area contributed by atoms with Gasteiger partial charge in [0.25, 0.3) is 0 Å². The van der Waals surface area contributed by atoms with E-state index in [2.05, 4.69) is 49.0 Å². The van der Waals surface area contributed by atoms with Crippen LogP contribution in [0.25, 0.3) is 11.0 Å². The summed E-state index contributed by atoms with van der Waals surface area (Å²) in [6.07, 6.45) is 13.6. The van der Waals surface area contributed by atoms with Gasteiger partial charge in [0.05, 0.1) is 23.5 Å². The quantitative estimate of drug-likeness (QED) is 0.648. The van der Waals surface area contributed by atoms with Crippen molar-refractivity contribution in [3.63, 3.8) is 0 Å². The Kier molecular flexibility index (Phi) is 4.02. The van der Waals surface area contributed by atoms with E-state index < -0.39 is 0 Å². The zero-order valence-corrected chi connectivity index (χ0v) is 18.1. The highest BCUT2D eigenvalue weighted by Gasteiger charge is 2.60. The lowest BCUT2D eigenvalue weighted by Gasteiger charge is -2.61. The first-order valence-electron chi connectivity index (χ1n) is 12.1. The Bertz CT molecular complexity index is 920. The molecule has 1 aromatic carbocycles. The molecule has 1 heterocycles. The highest BCUT2D eigenvalue weighted by Crippen LogP contribution is 2.68. The molecule has 0 radical (unpaired) electrons. The number of nitrogens with zero attached hydrogens (tertiary/aromatic N) is 2. The van der Waals surface area contributed by atoms with Crippen molar-refractivity contribution < 1.29 is 5.11 Å². The molecular formula is C26H36N2O. The first-order valence-corrected chi connectivity index (χ1v) is 12.1. The molecule has 4 aliphatic rings. The fourth-order valence-corrected chi connectivity index (χ4v) is 8.89. The molecule has 3 heteroatoms. The lowest BCUT2D eigenvalue weighted by Crippen LogP contribution is -2.54. The summed E-state index contributed by atoms with van der Waals surface area (Å²) < 4.78 is 2.53. The van der Waals surface area contributed by atoms with Gasteiger partial charge in [0, 0.05) is 6.04 Å². The molecule has 4 saturated carbocycles. The number of aliphatic hydroxyl groups excluding tert-OH is 1. The monoisotopic (exact) mass is 392 g/mol. The fourth-order valence-electron chi connectivity index (χ4n) is 8.89. The van der Waals surface area contributed by atoms with Crippen molar-refractivity contribution in [2.45, 2.75) is 83.8 Å². The lowest BCUT2D eigenvalue weighted by atomic mass is 9.45. The minimum absolute atomic E-state index is 0.0381. The lowest BCUT2D eigenvalue weighted by molar-refractivity contribution is -0.125. The van der Waals surface area contributed by atoms with Gasteiger partial charge in [-0.2, -0.15) is 0 Å². The summed E-state index contributed by atoms with van der Waals surface area (Å²) in [7, 11) is 0. The van der Waals surface area contributed by atoms with Crippen LogP contribution in [0, 0.1) is 34.5 Å². The molecule has 0 saturated heterocycles. The van der Waals surface area contributed by atoms with Gasteiger partial charge >= 0.3 is 0 Å². The minimum Gasteiger partial charge on any atom is -0.393 e. The largest absolute Gasteiger partial charge is 0.393 e. The Hall–Kier alpha value is -1.35. The molecule has 1 aromatic heterocycles. The summed E-state index contributed by atoms with van der Waals surface area (Å²) in [5.74, 6) is 3.39. The van der Waals surface area contributed by atoms with Gasteiger partial charge in [0.2, 0.25) is 0 Å². The second-order valence-corrected chi connectivity index (χ2v) is 11.4. The van der Waals surface area contributed by atoms with Crippen molar-refractivity contribution in [1.82, 2.24) is 9.55 Å². The number of hydrogen-bond donors (Lipinski definition) is 1. The van der Waals surface area contributed by atoms with E-state index in [1.165, 1.54) is 50.5 Å². The van der Waals surface area contributed by atoms with Gasteiger partial charge in [-0.3, -0.25) is 0 Å². The van der Waals surface area contributed by atoms with Crippen molar-refractivity contribution in [3.8, 4) is 0 Å². The second kappa shape index (κ2) is 6.33. The minimum atomic E-state index is -0.0381. The van der Waals surface area contributed by atoms with Crippen LogP contribution in [-0.2, 0) is 0 Å². The summed E-state index contributed by atoms with van der Waals surface area (Å²) in [6, 6.07) is 9.26. The average molecular weight is 393 g/mol. The number of hydrogen-bond acceptors (Lipinski definition) is 2. The van der Waals surface area contributed by atoms with Gasteiger partial charge < -0.3 is 9.67 Å². The zero-order chi connectivity index (χ0) is 19.8. The molecule has 6 rings (SSSR count). The van der Waals surface area contributed by atoms with Crippen molar-refractivity contribution >= 4 is 11.0 Å². The SMILES string of the molecule is C[C@]12CC[C@H](O)CC1CCC1C2CC[C@@]2(C)C1CCC2n1cnc2ccccc21. The van der Waals surface area contributed by atoms with Crippen LogP contribution in [0.2, 0.25) is 0 Å². The Balaban J connectivity index is 1.33. The molecule has 0 spiro atoms. The fraction of sp³-hybridized carbons (Fsp3) is 0.731. The van der Waals surface area contributed by atoms with Crippen LogP contribution in [-0.4, -0.2) is 20.8 Å². The Morgan fingerprint density at radius 1 is 0.931 bits per heavy atom. The standard InChI is InChI=1S/C26H36N2O/c1-25-13-11-18(29)15-17(25)7-8-19-20-9-10-24(26(20,2)14-12-21(19)25)28-16-27-22-5-3-4-6-23(22)28/h3-6,16-21,24,29H,7-15H2,1-2H3/t17?,18-,19?,20?,21?,24?,25-,26-/m0/s1. The van der Waals surface area contributed by atoms with Crippen molar-refractivity contribution in [1.29, 1.82) is 0 Å². The Morgan fingerprint density at radius 3 is 2.62 bits per heavy atom. The number of imidazole rings is 1. The van der Waals surface area contributed by atoms with Gasteiger partial charge in [-0.15, -0.1) is 0 Å². The van der Waals surface area contributed by atoms with Crippen molar-refractivity contribution in [2.75, 3.05) is 0 Å². The van der Waals surface area contributed by atoms with Crippen LogP contribution in [0.4, 0.5) is 0 Å². The van der Waals surface area contributed by atoms with E-state index in [-0.39, 0.29) is 6.10 Å². The maximum atomic E-state index is 10.3. The van der Waals surface area contributed by atoms with Crippen molar-refractivity contribution in [2.24, 2.45) is 34.5 Å². The van der Waals surface area contributed by atoms with E-state index in [1.54, 1.807) is 0 Å². The van der Waals surface area contributed by atoms with Crippen LogP contribution in [0.15, 0.2) is 30.6 Å². The maximum Gasteiger partial charge on any atom is 0.0961 e. The zero-order valence-electron chi connectivity index (χ0n) is 18.1. The van der Waals surface area contributed by atoms with Gasteiger partial charge in [-0.1, -0.05) is 26.0 Å². The van der Waals surface area contributed by atoms with E-state index in [0.717, 1.165) is 42.0 Å². The normalized spacial score (nSPS) is 46.9. The third-order valence-electron chi connectivity index (χ3n) is 10.4. The Labute approximate surface area is 174 Å². The van der Waals surface area contributed by atoms with E-state index in [4.69, 9.17) is 4.98 Å². The average Bonchev–Trinajstić information content (AvgIpc) is 3.29. The molecule has 8 atom stereocenters. The summed E-state index contributed by atoms with van der Waals surface area (Å²) in [5, 5.41) is 10.3. The van der Waals surface area contributed by atoms with Crippen LogP contribution in [0.1, 0.15) is 77.7 Å². The highest BCUT2D eigenvalue weighted by atomic mass is 16.3. The first kappa shape index (κ1) is 18.4. The van der Waals surface area contributed by atoms with E-state index >= 15 is 0 Å². The number of aliphatic hydroxyl groups is 1. The molecule has 2 aromatic rings. The number of benzene rings is 1. The van der Waals surface area contributed by atoms with Crippen LogP contribution in [0.3, 0.4) is 0 Å². The molecule has 0 bridgehead atoms. The molecule has 3 nitrogen and oxygen atoms in total. The summed E-state index contributed by atoms with van der Waals surface area (Å²) in [5.41, 5.74) is 3.34. The van der Waals surface area contributed by atoms with Crippen LogP contribution < -0.4 is 0 Å². The molecule has 0 aliphatic heterocycles. The number of rotatable bonds is 1. The third-order valence-corrected chi connectivity index (χ3v) is 10.4. The van der Waals surface area contributed by atoms with Gasteiger partial charge in [0.1, 0.15) is 0 Å². The number of aromatic nitrogens is 2. The van der Waals surface area contributed by atoms with Crippen molar-refractivity contribution in [3.05, 3.63) is 30.6 Å². The van der Waals surface area contributed by atoms with Gasteiger partial charge in [0.15, 0.2) is 0 Å². The summed E-state index contributed by atoms with van der Waals surface area (Å²) in [6.45, 7) is 5.21. The predicted molar refractivity (Wildman–Crippen MR) is 117 cm³/mol. The second-order valence-electron chi connectivity index (χ2n) is 11.4. The third kappa shape index (κ3) is 2.49. The predicted octanol–water partition coefficient (Wildman–Crippen LogP) is 5.98. The molecule has 0 amide bonds. The maximum absolute atomic E-state index is 10.3. The summed E-state index contributed by atoms with van der Waals surface area (Å²) >= 11 is 0. The molecule has 4 fully saturated rings. The molecule has 1 N–H and O–H groups in total. The molecular weight excluding hydrogens is 356 g/mol. The number of fused-ring (bicyclic) bond motifs is 6. The smallest absolute Gasteiger partial charge is 0.0961 e. The molecule has 29 heavy (non-hydrogen) atoms. The Morgan fingerprint density at radius 2 is 1.72 bits per heavy atom. The highest BCUT2D eigenvalue weighted by molar-refractivity contribution is 5.75. The molecule has 5 unspecified atom stereocenters. The molecule has 156 valence electrons. The van der Waals surface area contributed by atoms with Gasteiger partial charge in [-0.05, 0) is 104 Å². The van der Waals surface area contributed by atoms with Crippen LogP contribution >= 0.6 is 0 Å².